The third kappa shape index (κ3) is 4.25. The summed E-state index contributed by atoms with van der Waals surface area (Å²) in [6.07, 6.45) is 11.8. The minimum atomic E-state index is 0.0886. The lowest BCUT2D eigenvalue weighted by Gasteiger charge is -2.28. The molecule has 0 radical (unpaired) electrons. The fraction of sp³-hybridized carbons (Fsp3) is 0.526. The van der Waals surface area contributed by atoms with E-state index in [0.29, 0.717) is 30.2 Å². The third-order valence-electron chi connectivity index (χ3n) is 5.33. The normalized spacial score (nSPS) is 25.0. The minimum absolute atomic E-state index is 0.0886. The van der Waals surface area contributed by atoms with Crippen molar-refractivity contribution < 1.29 is 4.79 Å². The number of nitrogens with zero attached hydrogens (tertiary/aromatic N) is 3. The Bertz CT molecular complexity index is 702. The highest BCUT2D eigenvalue weighted by Gasteiger charge is 2.34. The van der Waals surface area contributed by atoms with E-state index in [0.717, 1.165) is 25.8 Å². The van der Waals surface area contributed by atoms with E-state index in [-0.39, 0.29) is 5.91 Å². The fourth-order valence-electron chi connectivity index (χ4n) is 4.14. The zero-order valence-electron chi connectivity index (χ0n) is 14.4. The van der Waals surface area contributed by atoms with Crippen LogP contribution in [0.5, 0.6) is 0 Å². The number of nitrogens with one attached hydrogen (secondary N) is 2. The molecule has 0 spiro atoms. The van der Waals surface area contributed by atoms with Crippen molar-refractivity contribution in [3.8, 4) is 0 Å². The Labute approximate surface area is 148 Å². The summed E-state index contributed by atoms with van der Waals surface area (Å²) >= 11 is 0. The lowest BCUT2D eigenvalue weighted by Crippen LogP contribution is -2.39. The zero-order valence-corrected chi connectivity index (χ0v) is 14.4. The summed E-state index contributed by atoms with van der Waals surface area (Å²) in [7, 11) is 0. The minimum Gasteiger partial charge on any atom is -0.311 e. The molecule has 2 saturated heterocycles. The Morgan fingerprint density at radius 2 is 1.96 bits per heavy atom. The topological polar surface area (TPSA) is 71.8 Å². The van der Waals surface area contributed by atoms with Gasteiger partial charge in [0.15, 0.2) is 5.82 Å². The van der Waals surface area contributed by atoms with Crippen LogP contribution in [0.2, 0.25) is 0 Å². The number of amides is 1. The number of aromatic nitrogens is 3. The first-order chi connectivity index (χ1) is 12.2. The van der Waals surface area contributed by atoms with Crippen molar-refractivity contribution in [1.82, 2.24) is 20.1 Å². The molecule has 132 valence electrons. The molecule has 2 aliphatic rings. The van der Waals surface area contributed by atoms with Gasteiger partial charge in [0.1, 0.15) is 0 Å². The van der Waals surface area contributed by atoms with Gasteiger partial charge >= 0.3 is 0 Å². The van der Waals surface area contributed by atoms with Gasteiger partial charge in [-0.05, 0) is 55.7 Å². The average molecular weight is 339 g/mol. The highest BCUT2D eigenvalue weighted by molar-refractivity contribution is 5.89. The first-order valence-corrected chi connectivity index (χ1v) is 9.23. The van der Waals surface area contributed by atoms with Crippen LogP contribution >= 0.6 is 0 Å². The van der Waals surface area contributed by atoms with Crippen molar-refractivity contribution in [1.29, 1.82) is 0 Å². The first-order valence-electron chi connectivity index (χ1n) is 9.23. The van der Waals surface area contributed by atoms with Crippen LogP contribution in [0.3, 0.4) is 0 Å². The summed E-state index contributed by atoms with van der Waals surface area (Å²) in [5, 5.41) is 11.0. The fourth-order valence-corrected chi connectivity index (χ4v) is 4.14. The molecule has 0 aliphatic carbocycles. The van der Waals surface area contributed by atoms with Gasteiger partial charge in [-0.1, -0.05) is 0 Å². The number of piperidine rings is 1. The summed E-state index contributed by atoms with van der Waals surface area (Å²) < 4.78 is 1.88. The maximum atomic E-state index is 12.3. The van der Waals surface area contributed by atoms with E-state index in [1.807, 2.05) is 29.1 Å². The zero-order chi connectivity index (χ0) is 17.1. The second-order valence-corrected chi connectivity index (χ2v) is 7.30. The molecule has 2 fully saturated rings. The number of fused-ring (bicyclic) bond motifs is 2. The van der Waals surface area contributed by atoms with Gasteiger partial charge in [-0.3, -0.25) is 14.5 Å². The van der Waals surface area contributed by atoms with E-state index in [2.05, 4.69) is 20.7 Å². The van der Waals surface area contributed by atoms with Gasteiger partial charge in [-0.15, -0.1) is 0 Å². The van der Waals surface area contributed by atoms with E-state index < -0.39 is 0 Å². The molecule has 2 aromatic heterocycles. The molecule has 2 aromatic rings. The molecule has 2 bridgehead atoms. The molecule has 0 aromatic carbocycles. The number of carbonyl (C=O) groups is 1. The standard InChI is InChI=1S/C19H25N5O/c25-19(13-15-11-16-1-2-17(12-15)21-16)22-18-6-10-24(23-18)9-5-14-3-7-20-8-4-14/h3-4,6-8,10,15-17,21H,1-2,5,9,11-13H2,(H,22,23,25). The van der Waals surface area contributed by atoms with Crippen LogP contribution in [-0.4, -0.2) is 32.8 Å². The summed E-state index contributed by atoms with van der Waals surface area (Å²) in [5.74, 6) is 1.25. The number of anilines is 1. The number of aryl methyl sites for hydroxylation is 2. The average Bonchev–Trinajstić information content (AvgIpc) is 3.20. The molecular formula is C19H25N5O. The van der Waals surface area contributed by atoms with E-state index in [1.54, 1.807) is 12.4 Å². The van der Waals surface area contributed by atoms with Crippen molar-refractivity contribution >= 4 is 11.7 Å². The van der Waals surface area contributed by atoms with Crippen molar-refractivity contribution in [3.05, 3.63) is 42.4 Å². The van der Waals surface area contributed by atoms with Crippen LogP contribution in [0.1, 0.15) is 37.7 Å². The number of hydrogen-bond donors (Lipinski definition) is 2. The van der Waals surface area contributed by atoms with Gasteiger partial charge in [-0.2, -0.15) is 5.10 Å². The van der Waals surface area contributed by atoms with Crippen LogP contribution in [0.15, 0.2) is 36.8 Å². The van der Waals surface area contributed by atoms with Crippen LogP contribution in [0.25, 0.3) is 0 Å². The molecule has 0 saturated carbocycles. The molecule has 2 N–H and O–H groups in total. The Kier molecular flexibility index (Phi) is 4.78. The highest BCUT2D eigenvalue weighted by Crippen LogP contribution is 2.32. The van der Waals surface area contributed by atoms with Crippen LogP contribution < -0.4 is 10.6 Å². The maximum Gasteiger partial charge on any atom is 0.225 e. The van der Waals surface area contributed by atoms with Gasteiger partial charge in [0, 0.05) is 49.7 Å². The predicted octanol–water partition coefficient (Wildman–Crippen LogP) is 2.38. The molecule has 6 nitrogen and oxygen atoms in total. The first kappa shape index (κ1) is 16.3. The van der Waals surface area contributed by atoms with Gasteiger partial charge in [0.25, 0.3) is 0 Å². The predicted molar refractivity (Wildman–Crippen MR) is 96.1 cm³/mol. The van der Waals surface area contributed by atoms with Gasteiger partial charge < -0.3 is 10.6 Å². The Hall–Kier alpha value is -2.21. The van der Waals surface area contributed by atoms with Crippen LogP contribution in [0, 0.1) is 5.92 Å². The second kappa shape index (κ2) is 7.35. The Morgan fingerprint density at radius 1 is 1.20 bits per heavy atom. The smallest absolute Gasteiger partial charge is 0.225 e. The van der Waals surface area contributed by atoms with Crippen molar-refractivity contribution in [2.45, 2.75) is 57.2 Å². The molecule has 1 amide bonds. The Morgan fingerprint density at radius 3 is 2.72 bits per heavy atom. The van der Waals surface area contributed by atoms with Gasteiger partial charge in [0.2, 0.25) is 5.91 Å². The number of carbonyl (C=O) groups excluding carboxylic acids is 1. The SMILES string of the molecule is O=C(CC1CC2CCC(C1)N2)Nc1ccn(CCc2ccncc2)n1. The largest absolute Gasteiger partial charge is 0.311 e. The number of rotatable bonds is 6. The van der Waals surface area contributed by atoms with Crippen LogP contribution in [0.4, 0.5) is 5.82 Å². The highest BCUT2D eigenvalue weighted by atomic mass is 16.1. The van der Waals surface area contributed by atoms with E-state index in [4.69, 9.17) is 0 Å². The van der Waals surface area contributed by atoms with Crippen LogP contribution in [-0.2, 0) is 17.8 Å². The summed E-state index contributed by atoms with van der Waals surface area (Å²) in [6, 6.07) is 7.15. The molecule has 4 rings (SSSR count). The lowest BCUT2D eigenvalue weighted by molar-refractivity contribution is -0.117. The van der Waals surface area contributed by atoms with Gasteiger partial charge in [0.05, 0.1) is 0 Å². The summed E-state index contributed by atoms with van der Waals surface area (Å²) in [5.41, 5.74) is 1.23. The van der Waals surface area contributed by atoms with E-state index >= 15 is 0 Å². The number of pyridine rings is 1. The van der Waals surface area contributed by atoms with E-state index in [9.17, 15) is 4.79 Å². The maximum absolute atomic E-state index is 12.3. The lowest BCUT2D eigenvalue weighted by atomic mass is 9.89. The van der Waals surface area contributed by atoms with Crippen molar-refractivity contribution in [3.63, 3.8) is 0 Å². The monoisotopic (exact) mass is 339 g/mol. The molecule has 25 heavy (non-hydrogen) atoms. The molecule has 6 heteroatoms. The molecule has 2 aliphatic heterocycles. The summed E-state index contributed by atoms with van der Waals surface area (Å²) in [6.45, 7) is 0.789. The summed E-state index contributed by atoms with van der Waals surface area (Å²) in [4.78, 5) is 16.3. The van der Waals surface area contributed by atoms with E-state index in [1.165, 1.54) is 18.4 Å². The van der Waals surface area contributed by atoms with Crippen molar-refractivity contribution in [2.75, 3.05) is 5.32 Å². The third-order valence-corrected chi connectivity index (χ3v) is 5.33. The Balaban J connectivity index is 1.25. The molecular weight excluding hydrogens is 314 g/mol. The number of hydrogen-bond acceptors (Lipinski definition) is 4. The van der Waals surface area contributed by atoms with Crippen molar-refractivity contribution in [2.24, 2.45) is 5.92 Å². The molecule has 4 heterocycles. The quantitative estimate of drug-likeness (QED) is 0.848. The molecule has 2 unspecified atom stereocenters. The van der Waals surface area contributed by atoms with Gasteiger partial charge in [-0.25, -0.2) is 0 Å². The second-order valence-electron chi connectivity index (χ2n) is 7.30. The molecule has 2 atom stereocenters.